The molecule has 2 rings (SSSR count). The van der Waals surface area contributed by atoms with Crippen LogP contribution in [0.3, 0.4) is 0 Å². The van der Waals surface area contributed by atoms with Crippen molar-refractivity contribution >= 4 is 0 Å². The number of β-amino-alcohol motifs (C(OH)–C–C–N with tert-alkyl or cyclic N) is 1. The van der Waals surface area contributed by atoms with E-state index in [-0.39, 0.29) is 6.10 Å². The molecular weight excluding hydrogens is 152 g/mol. The summed E-state index contributed by atoms with van der Waals surface area (Å²) in [7, 11) is 0. The van der Waals surface area contributed by atoms with Gasteiger partial charge in [0.05, 0.1) is 6.10 Å². The minimum absolute atomic E-state index is 0.0557. The van der Waals surface area contributed by atoms with Gasteiger partial charge >= 0.3 is 0 Å². The van der Waals surface area contributed by atoms with Gasteiger partial charge in [0.2, 0.25) is 0 Å². The van der Waals surface area contributed by atoms with Gasteiger partial charge in [-0.1, -0.05) is 0 Å². The number of hydrogen-bond acceptors (Lipinski definition) is 3. The number of nitrogens with one attached hydrogen (secondary N) is 1. The van der Waals surface area contributed by atoms with E-state index < -0.39 is 0 Å². The standard InChI is InChI=1S/C9H18N2O/c12-9-3-6-11(7-9)8-1-4-10-5-2-8/h8-10,12H,1-7H2. The molecule has 3 heteroatoms. The summed E-state index contributed by atoms with van der Waals surface area (Å²) in [4.78, 5) is 2.45. The van der Waals surface area contributed by atoms with Crippen LogP contribution in [0.1, 0.15) is 19.3 Å². The van der Waals surface area contributed by atoms with Crippen LogP contribution in [0.25, 0.3) is 0 Å². The van der Waals surface area contributed by atoms with Crippen LogP contribution in [-0.2, 0) is 0 Å². The van der Waals surface area contributed by atoms with Gasteiger partial charge in [-0.3, -0.25) is 4.90 Å². The second-order valence-electron chi connectivity index (χ2n) is 3.92. The second kappa shape index (κ2) is 3.73. The first-order valence-electron chi connectivity index (χ1n) is 4.99. The van der Waals surface area contributed by atoms with Gasteiger partial charge in [-0.05, 0) is 32.4 Å². The zero-order chi connectivity index (χ0) is 8.39. The van der Waals surface area contributed by atoms with Crippen LogP contribution in [0, 0.1) is 0 Å². The van der Waals surface area contributed by atoms with E-state index in [1.807, 2.05) is 0 Å². The molecule has 0 bridgehead atoms. The van der Waals surface area contributed by atoms with E-state index in [9.17, 15) is 5.11 Å². The molecule has 2 N–H and O–H groups in total. The average Bonchev–Trinajstić information content (AvgIpc) is 2.54. The Bertz CT molecular complexity index is 143. The Balaban J connectivity index is 1.83. The van der Waals surface area contributed by atoms with E-state index in [1.165, 1.54) is 12.8 Å². The number of aliphatic hydroxyl groups excluding tert-OH is 1. The Labute approximate surface area is 73.8 Å². The molecule has 3 nitrogen and oxygen atoms in total. The third-order valence-electron chi connectivity index (χ3n) is 3.02. The Morgan fingerprint density at radius 2 is 1.92 bits per heavy atom. The van der Waals surface area contributed by atoms with Crippen LogP contribution in [0.2, 0.25) is 0 Å². The van der Waals surface area contributed by atoms with Gasteiger partial charge in [0.25, 0.3) is 0 Å². The lowest BCUT2D eigenvalue weighted by Gasteiger charge is -2.31. The number of hydrogen-bond donors (Lipinski definition) is 2. The first kappa shape index (κ1) is 8.48. The van der Waals surface area contributed by atoms with Crippen LogP contribution in [0.5, 0.6) is 0 Å². The van der Waals surface area contributed by atoms with Gasteiger partial charge in [-0.25, -0.2) is 0 Å². The SMILES string of the molecule is OC1CCN(C2CCNCC2)C1. The summed E-state index contributed by atoms with van der Waals surface area (Å²) in [6.07, 6.45) is 3.43. The molecule has 2 aliphatic heterocycles. The maximum absolute atomic E-state index is 9.37. The minimum Gasteiger partial charge on any atom is -0.392 e. The van der Waals surface area contributed by atoms with E-state index in [0.29, 0.717) is 0 Å². The first-order chi connectivity index (χ1) is 5.86. The predicted molar refractivity (Wildman–Crippen MR) is 48.1 cm³/mol. The van der Waals surface area contributed by atoms with E-state index in [1.54, 1.807) is 0 Å². The van der Waals surface area contributed by atoms with Crippen molar-refractivity contribution in [1.82, 2.24) is 10.2 Å². The summed E-state index contributed by atoms with van der Waals surface area (Å²) in [5.41, 5.74) is 0. The van der Waals surface area contributed by atoms with Gasteiger partial charge in [0.15, 0.2) is 0 Å². The zero-order valence-electron chi connectivity index (χ0n) is 7.50. The molecule has 0 radical (unpaired) electrons. The largest absolute Gasteiger partial charge is 0.392 e. The summed E-state index contributed by atoms with van der Waals surface area (Å²) in [5, 5.41) is 12.7. The van der Waals surface area contributed by atoms with Crippen molar-refractivity contribution in [2.45, 2.75) is 31.4 Å². The maximum Gasteiger partial charge on any atom is 0.0679 e. The molecule has 0 saturated carbocycles. The quantitative estimate of drug-likeness (QED) is 0.572. The molecule has 2 aliphatic rings. The molecule has 1 atom stereocenters. The highest BCUT2D eigenvalue weighted by Crippen LogP contribution is 2.18. The number of piperidine rings is 1. The zero-order valence-corrected chi connectivity index (χ0v) is 7.50. The number of rotatable bonds is 1. The number of aliphatic hydroxyl groups is 1. The fraction of sp³-hybridized carbons (Fsp3) is 1.00. The third-order valence-corrected chi connectivity index (χ3v) is 3.02. The molecule has 2 saturated heterocycles. The Hall–Kier alpha value is -0.120. The summed E-state index contributed by atoms with van der Waals surface area (Å²) in [6, 6.07) is 0.739. The molecular formula is C9H18N2O. The highest BCUT2D eigenvalue weighted by atomic mass is 16.3. The lowest BCUT2D eigenvalue weighted by atomic mass is 10.1. The van der Waals surface area contributed by atoms with Crippen LogP contribution >= 0.6 is 0 Å². The van der Waals surface area contributed by atoms with Crippen molar-refractivity contribution in [1.29, 1.82) is 0 Å². The molecule has 0 aromatic heterocycles. The topological polar surface area (TPSA) is 35.5 Å². The van der Waals surface area contributed by atoms with Crippen LogP contribution < -0.4 is 5.32 Å². The molecule has 70 valence electrons. The Kier molecular flexibility index (Phi) is 2.63. The van der Waals surface area contributed by atoms with Gasteiger partial charge < -0.3 is 10.4 Å². The number of likely N-dealkylation sites (tertiary alicyclic amines) is 1. The maximum atomic E-state index is 9.37. The molecule has 2 fully saturated rings. The Morgan fingerprint density at radius 3 is 2.50 bits per heavy atom. The lowest BCUT2D eigenvalue weighted by molar-refractivity contribution is 0.145. The smallest absolute Gasteiger partial charge is 0.0679 e. The van der Waals surface area contributed by atoms with E-state index >= 15 is 0 Å². The average molecular weight is 170 g/mol. The van der Waals surface area contributed by atoms with Crippen LogP contribution in [0.15, 0.2) is 0 Å². The second-order valence-corrected chi connectivity index (χ2v) is 3.92. The van der Waals surface area contributed by atoms with Gasteiger partial charge in [0, 0.05) is 19.1 Å². The molecule has 0 amide bonds. The third kappa shape index (κ3) is 1.79. The van der Waals surface area contributed by atoms with E-state index in [2.05, 4.69) is 10.2 Å². The fourth-order valence-electron chi connectivity index (χ4n) is 2.27. The summed E-state index contributed by atoms with van der Waals surface area (Å²) < 4.78 is 0. The summed E-state index contributed by atoms with van der Waals surface area (Å²) in [6.45, 7) is 4.31. The molecule has 12 heavy (non-hydrogen) atoms. The highest BCUT2D eigenvalue weighted by Gasteiger charge is 2.27. The number of nitrogens with zero attached hydrogens (tertiary/aromatic N) is 1. The Morgan fingerprint density at radius 1 is 1.17 bits per heavy atom. The van der Waals surface area contributed by atoms with Gasteiger partial charge in [-0.2, -0.15) is 0 Å². The van der Waals surface area contributed by atoms with Crippen molar-refractivity contribution in [2.75, 3.05) is 26.2 Å². The van der Waals surface area contributed by atoms with Gasteiger partial charge in [-0.15, -0.1) is 0 Å². The molecule has 1 unspecified atom stereocenters. The van der Waals surface area contributed by atoms with Gasteiger partial charge in [0.1, 0.15) is 0 Å². The van der Waals surface area contributed by atoms with E-state index in [4.69, 9.17) is 0 Å². The molecule has 0 spiro atoms. The summed E-state index contributed by atoms with van der Waals surface area (Å²) in [5.74, 6) is 0. The molecule has 0 aliphatic carbocycles. The highest BCUT2D eigenvalue weighted by molar-refractivity contribution is 4.83. The molecule has 0 aromatic carbocycles. The first-order valence-corrected chi connectivity index (χ1v) is 4.99. The van der Waals surface area contributed by atoms with Crippen LogP contribution in [0.4, 0.5) is 0 Å². The predicted octanol–water partition coefficient (Wildman–Crippen LogP) is -0.195. The molecule has 0 aromatic rings. The normalized spacial score (nSPS) is 34.2. The fourth-order valence-corrected chi connectivity index (χ4v) is 2.27. The van der Waals surface area contributed by atoms with Crippen molar-refractivity contribution < 1.29 is 5.11 Å². The van der Waals surface area contributed by atoms with Crippen molar-refractivity contribution in [2.24, 2.45) is 0 Å². The van der Waals surface area contributed by atoms with E-state index in [0.717, 1.165) is 38.6 Å². The van der Waals surface area contributed by atoms with Crippen molar-refractivity contribution in [3.8, 4) is 0 Å². The molecule has 2 heterocycles. The lowest BCUT2D eigenvalue weighted by Crippen LogP contribution is -2.42. The monoisotopic (exact) mass is 170 g/mol. The summed E-state index contributed by atoms with van der Waals surface area (Å²) >= 11 is 0. The minimum atomic E-state index is -0.0557. The van der Waals surface area contributed by atoms with Crippen molar-refractivity contribution in [3.63, 3.8) is 0 Å². The van der Waals surface area contributed by atoms with Crippen LogP contribution in [-0.4, -0.2) is 48.3 Å². The van der Waals surface area contributed by atoms with Crippen molar-refractivity contribution in [3.05, 3.63) is 0 Å².